The molecule has 0 unspecified atom stereocenters. The van der Waals surface area contributed by atoms with Gasteiger partial charge in [-0.25, -0.2) is 0 Å². The first-order valence-corrected chi connectivity index (χ1v) is 8.88. The Hall–Kier alpha value is -0.290. The Bertz CT molecular complexity index is 408. The van der Waals surface area contributed by atoms with Gasteiger partial charge in [0.25, 0.3) is 0 Å². The van der Waals surface area contributed by atoms with Crippen molar-refractivity contribution in [2.45, 2.75) is 45.1 Å². The van der Waals surface area contributed by atoms with Crippen molar-refractivity contribution in [3.8, 4) is 5.75 Å². The van der Waals surface area contributed by atoms with Gasteiger partial charge in [0.1, 0.15) is 5.75 Å². The lowest BCUT2D eigenvalue weighted by molar-refractivity contribution is 0.180. The summed E-state index contributed by atoms with van der Waals surface area (Å²) < 4.78 is 1.24. The molecule has 0 bridgehead atoms. The van der Waals surface area contributed by atoms with Crippen molar-refractivity contribution in [3.63, 3.8) is 0 Å². The molecule has 1 aromatic carbocycles. The number of halogens is 1. The number of fused-ring (bicyclic) bond motifs is 1. The molecule has 0 aliphatic heterocycles. The van der Waals surface area contributed by atoms with Crippen LogP contribution in [-0.4, -0.2) is 33.6 Å². The predicted octanol–water partition coefficient (Wildman–Crippen LogP) is 3.79. The van der Waals surface area contributed by atoms with Crippen LogP contribution in [0.4, 0.5) is 0 Å². The van der Waals surface area contributed by atoms with Gasteiger partial charge in [-0.15, -0.1) is 0 Å². The van der Waals surface area contributed by atoms with Gasteiger partial charge in [-0.2, -0.15) is 0 Å². The van der Waals surface area contributed by atoms with Crippen LogP contribution in [0.15, 0.2) is 18.2 Å². The number of alkyl halides is 1. The quantitative estimate of drug-likeness (QED) is 0.606. The van der Waals surface area contributed by atoms with Crippen LogP contribution in [0.2, 0.25) is 0 Å². The van der Waals surface area contributed by atoms with Gasteiger partial charge in [0.15, 0.2) is 0 Å². The Balaban J connectivity index is 2.05. The number of hydrogen-bond acceptors (Lipinski definition) is 2. The second kappa shape index (κ2) is 7.48. The number of rotatable bonds is 6. The van der Waals surface area contributed by atoms with E-state index in [0.29, 0.717) is 11.8 Å². The van der Waals surface area contributed by atoms with E-state index in [-0.39, 0.29) is 0 Å². The van der Waals surface area contributed by atoms with Crippen LogP contribution >= 0.6 is 22.6 Å². The van der Waals surface area contributed by atoms with Crippen LogP contribution < -0.4 is 0 Å². The summed E-state index contributed by atoms with van der Waals surface area (Å²) in [5, 5.41) is 9.64. The highest BCUT2D eigenvalue weighted by Gasteiger charge is 2.23. The lowest BCUT2D eigenvalue weighted by atomic mass is 9.87. The predicted molar refractivity (Wildman–Crippen MR) is 89.3 cm³/mol. The first-order valence-electron chi connectivity index (χ1n) is 7.35. The number of phenols is 1. The highest BCUT2D eigenvalue weighted by Crippen LogP contribution is 2.27. The second-order valence-electron chi connectivity index (χ2n) is 5.43. The molecule has 0 radical (unpaired) electrons. The van der Waals surface area contributed by atoms with E-state index in [0.717, 1.165) is 12.8 Å². The summed E-state index contributed by atoms with van der Waals surface area (Å²) in [6.07, 6.45) is 6.03. The number of nitrogens with zero attached hydrogens (tertiary/aromatic N) is 1. The molecule has 1 aliphatic rings. The summed E-state index contributed by atoms with van der Waals surface area (Å²) in [4.78, 5) is 2.66. The molecule has 1 atom stereocenters. The smallest absolute Gasteiger partial charge is 0.115 e. The summed E-state index contributed by atoms with van der Waals surface area (Å²) in [6, 6.07) is 6.54. The van der Waals surface area contributed by atoms with E-state index in [9.17, 15) is 5.11 Å². The van der Waals surface area contributed by atoms with E-state index >= 15 is 0 Å². The molecule has 1 N–H and O–H groups in total. The third kappa shape index (κ3) is 4.09. The molecule has 3 heteroatoms. The molecule has 106 valence electrons. The number of aryl methyl sites for hydroxylation is 1. The molecule has 0 saturated heterocycles. The van der Waals surface area contributed by atoms with E-state index in [1.54, 1.807) is 0 Å². The third-order valence-corrected chi connectivity index (χ3v) is 4.76. The first-order chi connectivity index (χ1) is 9.24. The van der Waals surface area contributed by atoms with E-state index in [1.807, 2.05) is 12.1 Å². The highest BCUT2D eigenvalue weighted by molar-refractivity contribution is 14.1. The zero-order chi connectivity index (χ0) is 13.7. The Labute approximate surface area is 130 Å². The van der Waals surface area contributed by atoms with Crippen LogP contribution in [0.25, 0.3) is 0 Å². The Morgan fingerprint density at radius 2 is 2.16 bits per heavy atom. The topological polar surface area (TPSA) is 23.5 Å². The van der Waals surface area contributed by atoms with Crippen molar-refractivity contribution in [1.82, 2.24) is 4.90 Å². The lowest BCUT2D eigenvalue weighted by Gasteiger charge is -2.35. The second-order valence-corrected chi connectivity index (χ2v) is 6.51. The van der Waals surface area contributed by atoms with E-state index in [2.05, 4.69) is 40.5 Å². The van der Waals surface area contributed by atoms with Gasteiger partial charge >= 0.3 is 0 Å². The lowest BCUT2D eigenvalue weighted by Crippen LogP contribution is -2.40. The Morgan fingerprint density at radius 3 is 2.89 bits per heavy atom. The molecule has 0 fully saturated rings. The van der Waals surface area contributed by atoms with E-state index in [1.165, 1.54) is 47.9 Å². The summed E-state index contributed by atoms with van der Waals surface area (Å²) in [5.41, 5.74) is 2.78. The normalized spacial score (nSPS) is 18.6. The van der Waals surface area contributed by atoms with Crippen molar-refractivity contribution in [1.29, 1.82) is 0 Å². The maximum atomic E-state index is 9.64. The van der Waals surface area contributed by atoms with Crippen molar-refractivity contribution >= 4 is 22.6 Å². The number of aromatic hydroxyl groups is 1. The SMILES string of the molecule is CCCN(CCCI)[C@@H]1CCc2ccc(O)cc2C1. The van der Waals surface area contributed by atoms with Crippen LogP contribution in [0, 0.1) is 0 Å². The van der Waals surface area contributed by atoms with E-state index < -0.39 is 0 Å². The van der Waals surface area contributed by atoms with Crippen molar-refractivity contribution < 1.29 is 5.11 Å². The van der Waals surface area contributed by atoms with Gasteiger partial charge in [0.2, 0.25) is 0 Å². The highest BCUT2D eigenvalue weighted by atomic mass is 127. The van der Waals surface area contributed by atoms with Gasteiger partial charge in [-0.05, 0) is 68.5 Å². The van der Waals surface area contributed by atoms with Gasteiger partial charge in [0, 0.05) is 10.5 Å². The largest absolute Gasteiger partial charge is 0.508 e. The zero-order valence-corrected chi connectivity index (χ0v) is 13.9. The molecule has 1 aromatic rings. The van der Waals surface area contributed by atoms with Crippen molar-refractivity contribution in [2.75, 3.05) is 17.5 Å². The number of phenolic OH excluding ortho intramolecular Hbond substituents is 1. The fourth-order valence-corrected chi connectivity index (χ4v) is 3.40. The maximum Gasteiger partial charge on any atom is 0.115 e. The van der Waals surface area contributed by atoms with Crippen LogP contribution in [-0.2, 0) is 12.8 Å². The number of benzene rings is 1. The molecule has 2 nitrogen and oxygen atoms in total. The Kier molecular flexibility index (Phi) is 5.95. The molecule has 0 heterocycles. The van der Waals surface area contributed by atoms with Crippen LogP contribution in [0.5, 0.6) is 5.75 Å². The van der Waals surface area contributed by atoms with Crippen molar-refractivity contribution in [3.05, 3.63) is 29.3 Å². The molecule has 0 spiro atoms. The minimum absolute atomic E-state index is 0.411. The minimum Gasteiger partial charge on any atom is -0.508 e. The fourth-order valence-electron chi connectivity index (χ4n) is 3.06. The summed E-state index contributed by atoms with van der Waals surface area (Å²) in [7, 11) is 0. The van der Waals surface area contributed by atoms with Gasteiger partial charge in [-0.1, -0.05) is 35.6 Å². The van der Waals surface area contributed by atoms with Crippen molar-refractivity contribution in [2.24, 2.45) is 0 Å². The molecule has 2 rings (SSSR count). The monoisotopic (exact) mass is 373 g/mol. The molecule has 0 amide bonds. The molecular formula is C16H24INO. The average molecular weight is 373 g/mol. The maximum absolute atomic E-state index is 9.64. The molecule has 0 saturated carbocycles. The molecular weight excluding hydrogens is 349 g/mol. The molecule has 19 heavy (non-hydrogen) atoms. The van der Waals surface area contributed by atoms with Crippen LogP contribution in [0.1, 0.15) is 37.3 Å². The summed E-state index contributed by atoms with van der Waals surface area (Å²) >= 11 is 2.46. The van der Waals surface area contributed by atoms with Gasteiger partial charge in [0.05, 0.1) is 0 Å². The number of hydrogen-bond donors (Lipinski definition) is 1. The first kappa shape index (κ1) is 15.1. The summed E-state index contributed by atoms with van der Waals surface area (Å²) in [6.45, 7) is 4.69. The fraction of sp³-hybridized carbons (Fsp3) is 0.625. The zero-order valence-electron chi connectivity index (χ0n) is 11.7. The van der Waals surface area contributed by atoms with Gasteiger partial charge in [-0.3, -0.25) is 0 Å². The standard InChI is InChI=1S/C16H24INO/c1-2-9-18(10-3-8-17)15-6-4-13-5-7-16(19)12-14(13)11-15/h5,7,12,15,19H,2-4,6,8-11H2,1H3/t15-/m1/s1. The van der Waals surface area contributed by atoms with E-state index in [4.69, 9.17) is 0 Å². The molecule has 0 aromatic heterocycles. The van der Waals surface area contributed by atoms with Gasteiger partial charge < -0.3 is 10.0 Å². The van der Waals surface area contributed by atoms with Crippen LogP contribution in [0.3, 0.4) is 0 Å². The molecule has 1 aliphatic carbocycles. The summed E-state index contributed by atoms with van der Waals surface area (Å²) in [5.74, 6) is 0.411. The average Bonchev–Trinajstić information content (AvgIpc) is 2.42. The third-order valence-electron chi connectivity index (χ3n) is 4.00. The minimum atomic E-state index is 0.411. The Morgan fingerprint density at radius 1 is 1.32 bits per heavy atom.